The molecular weight excluding hydrogens is 238 g/mol. The summed E-state index contributed by atoms with van der Waals surface area (Å²) in [4.78, 5) is 0. The van der Waals surface area contributed by atoms with Crippen LogP contribution in [0.15, 0.2) is 0 Å². The van der Waals surface area contributed by atoms with Crippen LogP contribution in [0.3, 0.4) is 0 Å². The molecule has 2 heterocycles. The fraction of sp³-hybridized carbons (Fsp3) is 1.00. The molecule has 2 aliphatic heterocycles. The summed E-state index contributed by atoms with van der Waals surface area (Å²) < 4.78 is 12.1. The van der Waals surface area contributed by atoms with Crippen LogP contribution in [0.5, 0.6) is 0 Å². The van der Waals surface area contributed by atoms with E-state index in [0.717, 1.165) is 38.8 Å². The van der Waals surface area contributed by atoms with Gasteiger partial charge in [0.25, 0.3) is 0 Å². The zero-order valence-corrected chi connectivity index (χ0v) is 13.1. The normalized spacial score (nSPS) is 33.5. The Morgan fingerprint density at radius 2 is 1.89 bits per heavy atom. The minimum Gasteiger partial charge on any atom is -0.375 e. The second-order valence-corrected chi connectivity index (χ2v) is 6.87. The largest absolute Gasteiger partial charge is 0.375 e. The van der Waals surface area contributed by atoms with E-state index >= 15 is 0 Å². The standard InChI is InChI=1S/C16H31NO2/c1-5-16(6-2)11-13(8-10-18-16)17-12-14-7-9-15(3,4)19-14/h13-14,17H,5-12H2,1-4H3. The van der Waals surface area contributed by atoms with Gasteiger partial charge >= 0.3 is 0 Å². The molecule has 112 valence electrons. The Morgan fingerprint density at radius 3 is 2.47 bits per heavy atom. The first-order valence-corrected chi connectivity index (χ1v) is 8.04. The quantitative estimate of drug-likeness (QED) is 0.831. The molecule has 2 fully saturated rings. The van der Waals surface area contributed by atoms with Crippen molar-refractivity contribution in [3.63, 3.8) is 0 Å². The van der Waals surface area contributed by atoms with Gasteiger partial charge in [-0.25, -0.2) is 0 Å². The van der Waals surface area contributed by atoms with Gasteiger partial charge in [-0.05, 0) is 52.4 Å². The Labute approximate surface area is 118 Å². The minimum atomic E-state index is 0.0820. The van der Waals surface area contributed by atoms with Crippen molar-refractivity contribution in [2.24, 2.45) is 0 Å². The molecule has 0 aromatic heterocycles. The lowest BCUT2D eigenvalue weighted by atomic mass is 9.86. The van der Waals surface area contributed by atoms with Crippen LogP contribution in [-0.2, 0) is 9.47 Å². The number of rotatable bonds is 5. The van der Waals surface area contributed by atoms with Gasteiger partial charge in [0.05, 0.1) is 17.3 Å². The molecule has 0 aromatic carbocycles. The molecule has 2 saturated heterocycles. The highest BCUT2D eigenvalue weighted by molar-refractivity contribution is 4.89. The average Bonchev–Trinajstić information content (AvgIpc) is 2.76. The van der Waals surface area contributed by atoms with Crippen LogP contribution >= 0.6 is 0 Å². The molecule has 19 heavy (non-hydrogen) atoms. The maximum Gasteiger partial charge on any atom is 0.0707 e. The van der Waals surface area contributed by atoms with E-state index in [9.17, 15) is 0 Å². The summed E-state index contributed by atoms with van der Waals surface area (Å²) in [7, 11) is 0. The van der Waals surface area contributed by atoms with Crippen LogP contribution in [0.1, 0.15) is 66.2 Å². The second-order valence-electron chi connectivity index (χ2n) is 6.87. The first-order chi connectivity index (χ1) is 8.99. The predicted octanol–water partition coefficient (Wildman–Crippen LogP) is 3.27. The van der Waals surface area contributed by atoms with Crippen LogP contribution in [0.4, 0.5) is 0 Å². The topological polar surface area (TPSA) is 30.5 Å². The van der Waals surface area contributed by atoms with Crippen molar-refractivity contribution in [3.05, 3.63) is 0 Å². The Balaban J connectivity index is 1.77. The maximum atomic E-state index is 6.05. The van der Waals surface area contributed by atoms with Gasteiger partial charge in [-0.1, -0.05) is 13.8 Å². The highest BCUT2D eigenvalue weighted by Crippen LogP contribution is 2.32. The molecule has 1 N–H and O–H groups in total. The van der Waals surface area contributed by atoms with Gasteiger partial charge in [-0.15, -0.1) is 0 Å². The fourth-order valence-corrected chi connectivity index (χ4v) is 3.46. The van der Waals surface area contributed by atoms with E-state index in [0.29, 0.717) is 12.1 Å². The van der Waals surface area contributed by atoms with Crippen molar-refractivity contribution in [2.75, 3.05) is 13.2 Å². The van der Waals surface area contributed by atoms with Crippen molar-refractivity contribution >= 4 is 0 Å². The third-order valence-electron chi connectivity index (χ3n) is 4.97. The Morgan fingerprint density at radius 1 is 1.16 bits per heavy atom. The van der Waals surface area contributed by atoms with E-state index in [1.165, 1.54) is 12.8 Å². The van der Waals surface area contributed by atoms with E-state index in [-0.39, 0.29) is 11.2 Å². The molecule has 2 rings (SSSR count). The molecule has 3 nitrogen and oxygen atoms in total. The van der Waals surface area contributed by atoms with E-state index in [1.54, 1.807) is 0 Å². The number of nitrogens with one attached hydrogen (secondary N) is 1. The smallest absolute Gasteiger partial charge is 0.0707 e. The molecule has 0 radical (unpaired) electrons. The molecule has 0 amide bonds. The Bertz CT molecular complexity index is 286. The van der Waals surface area contributed by atoms with Crippen LogP contribution in [-0.4, -0.2) is 36.5 Å². The zero-order chi connectivity index (χ0) is 13.9. The highest BCUT2D eigenvalue weighted by atomic mass is 16.5. The summed E-state index contributed by atoms with van der Waals surface area (Å²) in [6.07, 6.45) is 7.30. The summed E-state index contributed by atoms with van der Waals surface area (Å²) in [5, 5.41) is 3.72. The minimum absolute atomic E-state index is 0.0820. The first kappa shape index (κ1) is 15.3. The fourth-order valence-electron chi connectivity index (χ4n) is 3.46. The summed E-state index contributed by atoms with van der Waals surface area (Å²) in [6.45, 7) is 10.8. The van der Waals surface area contributed by atoms with Crippen molar-refractivity contribution < 1.29 is 9.47 Å². The molecule has 0 aliphatic carbocycles. The molecule has 0 bridgehead atoms. The molecule has 2 atom stereocenters. The molecule has 0 saturated carbocycles. The first-order valence-electron chi connectivity index (χ1n) is 8.04. The third-order valence-corrected chi connectivity index (χ3v) is 4.97. The lowest BCUT2D eigenvalue weighted by molar-refractivity contribution is -0.0948. The monoisotopic (exact) mass is 269 g/mol. The molecule has 3 heteroatoms. The van der Waals surface area contributed by atoms with Gasteiger partial charge in [-0.2, -0.15) is 0 Å². The number of hydrogen-bond donors (Lipinski definition) is 1. The number of ether oxygens (including phenoxy) is 2. The SMILES string of the molecule is CCC1(CC)CC(NCC2CCC(C)(C)O2)CCO1. The molecular formula is C16H31NO2. The van der Waals surface area contributed by atoms with Crippen molar-refractivity contribution in [1.82, 2.24) is 5.32 Å². The zero-order valence-electron chi connectivity index (χ0n) is 13.1. The van der Waals surface area contributed by atoms with Gasteiger partial charge < -0.3 is 14.8 Å². The molecule has 0 aromatic rings. The second kappa shape index (κ2) is 6.11. The molecule has 2 aliphatic rings. The predicted molar refractivity (Wildman–Crippen MR) is 78.5 cm³/mol. The van der Waals surface area contributed by atoms with E-state index in [2.05, 4.69) is 33.0 Å². The maximum absolute atomic E-state index is 6.05. The van der Waals surface area contributed by atoms with Crippen LogP contribution in [0.25, 0.3) is 0 Å². The summed E-state index contributed by atoms with van der Waals surface area (Å²) >= 11 is 0. The molecule has 2 unspecified atom stereocenters. The van der Waals surface area contributed by atoms with Crippen molar-refractivity contribution in [3.8, 4) is 0 Å². The lowest BCUT2D eigenvalue weighted by Gasteiger charge is -2.40. The van der Waals surface area contributed by atoms with Gasteiger partial charge in [0, 0.05) is 19.2 Å². The lowest BCUT2D eigenvalue weighted by Crippen LogP contribution is -2.48. The summed E-state index contributed by atoms with van der Waals surface area (Å²) in [5.41, 5.74) is 0.199. The average molecular weight is 269 g/mol. The van der Waals surface area contributed by atoms with Crippen molar-refractivity contribution in [1.29, 1.82) is 0 Å². The van der Waals surface area contributed by atoms with E-state index in [4.69, 9.17) is 9.47 Å². The molecule has 0 spiro atoms. The Hall–Kier alpha value is -0.120. The highest BCUT2D eigenvalue weighted by Gasteiger charge is 2.36. The number of hydrogen-bond acceptors (Lipinski definition) is 3. The van der Waals surface area contributed by atoms with Crippen LogP contribution in [0.2, 0.25) is 0 Å². The van der Waals surface area contributed by atoms with Crippen molar-refractivity contribution in [2.45, 2.75) is 89.6 Å². The summed E-state index contributed by atoms with van der Waals surface area (Å²) in [5.74, 6) is 0. The Kier molecular flexibility index (Phi) is 4.91. The van der Waals surface area contributed by atoms with E-state index in [1.807, 2.05) is 0 Å². The van der Waals surface area contributed by atoms with Gasteiger partial charge in [-0.3, -0.25) is 0 Å². The van der Waals surface area contributed by atoms with E-state index < -0.39 is 0 Å². The summed E-state index contributed by atoms with van der Waals surface area (Å²) in [6, 6.07) is 0.598. The van der Waals surface area contributed by atoms with Crippen LogP contribution in [0, 0.1) is 0 Å². The van der Waals surface area contributed by atoms with Gasteiger partial charge in [0.2, 0.25) is 0 Å². The third kappa shape index (κ3) is 3.93. The van der Waals surface area contributed by atoms with Gasteiger partial charge in [0.1, 0.15) is 0 Å². The van der Waals surface area contributed by atoms with Crippen LogP contribution < -0.4 is 5.32 Å². The van der Waals surface area contributed by atoms with Gasteiger partial charge in [0.15, 0.2) is 0 Å².